The quantitative estimate of drug-likeness (QED) is 0.527. The number of hydrogen-bond acceptors (Lipinski definition) is 0. The summed E-state index contributed by atoms with van der Waals surface area (Å²) in [5, 5.41) is 0. The summed E-state index contributed by atoms with van der Waals surface area (Å²) in [7, 11) is 0. The minimum absolute atomic E-state index is 0.739. The van der Waals surface area contributed by atoms with Gasteiger partial charge in [-0.1, -0.05) is 40.5 Å². The first kappa shape index (κ1) is 13.3. The zero-order valence-corrected chi connectivity index (χ0v) is 10.4. The highest BCUT2D eigenvalue weighted by Gasteiger charge is 2.13. The van der Waals surface area contributed by atoms with Gasteiger partial charge in [0.05, 0.1) is 0 Å². The molecule has 13 heavy (non-hydrogen) atoms. The standard InChI is InChI=1S/C12H25Cl/c1-5-6-11(4)8-12(9-13)7-10(2)3/h10-12H,5-9H2,1-4H3. The van der Waals surface area contributed by atoms with Gasteiger partial charge in [-0.25, -0.2) is 0 Å². The minimum atomic E-state index is 0.739. The molecule has 0 nitrogen and oxygen atoms in total. The monoisotopic (exact) mass is 204 g/mol. The fourth-order valence-corrected chi connectivity index (χ4v) is 2.32. The summed E-state index contributed by atoms with van der Waals surface area (Å²) in [4.78, 5) is 0. The molecule has 0 N–H and O–H groups in total. The Morgan fingerprint density at radius 2 is 1.69 bits per heavy atom. The average molecular weight is 205 g/mol. The van der Waals surface area contributed by atoms with Crippen LogP contribution in [-0.4, -0.2) is 5.88 Å². The van der Waals surface area contributed by atoms with Crippen molar-refractivity contribution in [2.75, 3.05) is 5.88 Å². The topological polar surface area (TPSA) is 0 Å². The first-order valence-electron chi connectivity index (χ1n) is 5.66. The van der Waals surface area contributed by atoms with Crippen molar-refractivity contribution in [1.82, 2.24) is 0 Å². The molecule has 0 saturated carbocycles. The van der Waals surface area contributed by atoms with Gasteiger partial charge in [0.1, 0.15) is 0 Å². The lowest BCUT2D eigenvalue weighted by atomic mass is 9.88. The van der Waals surface area contributed by atoms with Crippen LogP contribution in [0.25, 0.3) is 0 Å². The first-order valence-corrected chi connectivity index (χ1v) is 6.19. The minimum Gasteiger partial charge on any atom is -0.126 e. The van der Waals surface area contributed by atoms with Crippen molar-refractivity contribution in [1.29, 1.82) is 0 Å². The molecule has 0 aromatic heterocycles. The molecule has 2 atom stereocenters. The Bertz CT molecular complexity index is 110. The van der Waals surface area contributed by atoms with Gasteiger partial charge in [-0.2, -0.15) is 0 Å². The van der Waals surface area contributed by atoms with Crippen molar-refractivity contribution in [2.24, 2.45) is 17.8 Å². The van der Waals surface area contributed by atoms with Crippen LogP contribution >= 0.6 is 11.6 Å². The van der Waals surface area contributed by atoms with E-state index in [1.807, 2.05) is 0 Å². The molecule has 0 radical (unpaired) electrons. The van der Waals surface area contributed by atoms with E-state index in [2.05, 4.69) is 27.7 Å². The smallest absolute Gasteiger partial charge is 0.0251 e. The number of hydrogen-bond donors (Lipinski definition) is 0. The highest BCUT2D eigenvalue weighted by atomic mass is 35.5. The third-order valence-electron chi connectivity index (χ3n) is 2.54. The molecule has 0 saturated heterocycles. The zero-order valence-electron chi connectivity index (χ0n) is 9.65. The molecule has 1 heteroatoms. The third kappa shape index (κ3) is 7.37. The van der Waals surface area contributed by atoms with Crippen molar-refractivity contribution < 1.29 is 0 Å². The van der Waals surface area contributed by atoms with Gasteiger partial charge in [-0.15, -0.1) is 11.6 Å². The zero-order chi connectivity index (χ0) is 10.3. The predicted molar refractivity (Wildman–Crippen MR) is 62.4 cm³/mol. The second kappa shape index (κ2) is 7.67. The normalized spacial score (nSPS) is 16.2. The Morgan fingerprint density at radius 3 is 2.08 bits per heavy atom. The van der Waals surface area contributed by atoms with E-state index >= 15 is 0 Å². The van der Waals surface area contributed by atoms with Gasteiger partial charge < -0.3 is 0 Å². The van der Waals surface area contributed by atoms with Crippen LogP contribution in [0.3, 0.4) is 0 Å². The fourth-order valence-electron chi connectivity index (χ4n) is 2.07. The molecule has 0 aliphatic heterocycles. The van der Waals surface area contributed by atoms with Crippen LogP contribution in [0.15, 0.2) is 0 Å². The summed E-state index contributed by atoms with van der Waals surface area (Å²) >= 11 is 5.96. The maximum atomic E-state index is 5.96. The molecule has 0 fully saturated rings. The lowest BCUT2D eigenvalue weighted by Gasteiger charge is -2.20. The van der Waals surface area contributed by atoms with Gasteiger partial charge in [0.25, 0.3) is 0 Å². The van der Waals surface area contributed by atoms with E-state index in [-0.39, 0.29) is 0 Å². The molecule has 0 aromatic carbocycles. The first-order chi connectivity index (χ1) is 6.10. The van der Waals surface area contributed by atoms with E-state index in [4.69, 9.17) is 11.6 Å². The second-order valence-electron chi connectivity index (χ2n) is 4.78. The summed E-state index contributed by atoms with van der Waals surface area (Å²) in [6, 6.07) is 0. The SMILES string of the molecule is CCCC(C)CC(CCl)CC(C)C. The molecule has 0 heterocycles. The van der Waals surface area contributed by atoms with Gasteiger partial charge >= 0.3 is 0 Å². The Kier molecular flexibility index (Phi) is 7.84. The summed E-state index contributed by atoms with van der Waals surface area (Å²) in [6.45, 7) is 9.17. The van der Waals surface area contributed by atoms with Crippen LogP contribution in [0.2, 0.25) is 0 Å². The number of halogens is 1. The maximum Gasteiger partial charge on any atom is 0.0251 e. The molecule has 0 aromatic rings. The van der Waals surface area contributed by atoms with Gasteiger partial charge in [-0.3, -0.25) is 0 Å². The van der Waals surface area contributed by atoms with Crippen LogP contribution in [-0.2, 0) is 0 Å². The van der Waals surface area contributed by atoms with Crippen LogP contribution in [0.4, 0.5) is 0 Å². The maximum absolute atomic E-state index is 5.96. The molecule has 0 bridgehead atoms. The van der Waals surface area contributed by atoms with E-state index in [0.29, 0.717) is 0 Å². The summed E-state index contributed by atoms with van der Waals surface area (Å²) in [5.41, 5.74) is 0. The predicted octanol–water partition coefficient (Wildman–Crippen LogP) is 4.71. The van der Waals surface area contributed by atoms with Crippen LogP contribution in [0.1, 0.15) is 53.4 Å². The van der Waals surface area contributed by atoms with Crippen molar-refractivity contribution in [3.8, 4) is 0 Å². The van der Waals surface area contributed by atoms with Gasteiger partial charge in [0.15, 0.2) is 0 Å². The lowest BCUT2D eigenvalue weighted by Crippen LogP contribution is -2.10. The molecule has 80 valence electrons. The van der Waals surface area contributed by atoms with E-state index < -0.39 is 0 Å². The fraction of sp³-hybridized carbons (Fsp3) is 1.00. The highest BCUT2D eigenvalue weighted by molar-refractivity contribution is 6.18. The molecular weight excluding hydrogens is 180 g/mol. The van der Waals surface area contributed by atoms with Crippen LogP contribution in [0, 0.1) is 17.8 Å². The number of alkyl halides is 1. The molecule has 0 spiro atoms. The van der Waals surface area contributed by atoms with E-state index in [1.165, 1.54) is 25.7 Å². The molecule has 0 rings (SSSR count). The Balaban J connectivity index is 3.69. The highest BCUT2D eigenvalue weighted by Crippen LogP contribution is 2.23. The molecule has 0 aliphatic carbocycles. The van der Waals surface area contributed by atoms with Crippen LogP contribution in [0.5, 0.6) is 0 Å². The van der Waals surface area contributed by atoms with Crippen molar-refractivity contribution in [3.05, 3.63) is 0 Å². The van der Waals surface area contributed by atoms with Crippen molar-refractivity contribution >= 4 is 11.6 Å². The van der Waals surface area contributed by atoms with Crippen molar-refractivity contribution in [3.63, 3.8) is 0 Å². The average Bonchev–Trinajstić information content (AvgIpc) is 2.02. The summed E-state index contributed by atoms with van der Waals surface area (Å²) in [5.74, 6) is 3.22. The summed E-state index contributed by atoms with van der Waals surface area (Å²) in [6.07, 6.45) is 5.26. The van der Waals surface area contributed by atoms with Crippen molar-refractivity contribution in [2.45, 2.75) is 53.4 Å². The van der Waals surface area contributed by atoms with Gasteiger partial charge in [-0.05, 0) is 30.6 Å². The largest absolute Gasteiger partial charge is 0.126 e. The van der Waals surface area contributed by atoms with E-state index in [1.54, 1.807) is 0 Å². The molecular formula is C12H25Cl. The van der Waals surface area contributed by atoms with Crippen LogP contribution < -0.4 is 0 Å². The molecule has 0 aliphatic rings. The second-order valence-corrected chi connectivity index (χ2v) is 5.09. The Labute approximate surface area is 89.1 Å². The van der Waals surface area contributed by atoms with Gasteiger partial charge in [0, 0.05) is 5.88 Å². The third-order valence-corrected chi connectivity index (χ3v) is 2.98. The van der Waals surface area contributed by atoms with E-state index in [0.717, 1.165) is 23.6 Å². The Hall–Kier alpha value is 0.290. The molecule has 0 amide bonds. The summed E-state index contributed by atoms with van der Waals surface area (Å²) < 4.78 is 0. The van der Waals surface area contributed by atoms with Gasteiger partial charge in [0.2, 0.25) is 0 Å². The lowest BCUT2D eigenvalue weighted by molar-refractivity contribution is 0.345. The number of rotatable bonds is 7. The van der Waals surface area contributed by atoms with E-state index in [9.17, 15) is 0 Å². The Morgan fingerprint density at radius 1 is 1.08 bits per heavy atom. The molecule has 2 unspecified atom stereocenters.